The van der Waals surface area contributed by atoms with Crippen molar-refractivity contribution in [2.75, 3.05) is 17.6 Å². The molecule has 0 saturated carbocycles. The first-order chi connectivity index (χ1) is 8.15. The molecule has 1 aromatic heterocycles. The van der Waals surface area contributed by atoms with Crippen molar-refractivity contribution in [3.8, 4) is 0 Å². The van der Waals surface area contributed by atoms with Gasteiger partial charge in [0.15, 0.2) is 0 Å². The van der Waals surface area contributed by atoms with Crippen LogP contribution in [0.5, 0.6) is 0 Å². The van der Waals surface area contributed by atoms with E-state index in [2.05, 4.69) is 36.1 Å². The second kappa shape index (κ2) is 7.09. The highest BCUT2D eigenvalue weighted by atomic mass is 15.0. The van der Waals surface area contributed by atoms with Gasteiger partial charge in [-0.25, -0.2) is 9.97 Å². The minimum Gasteiger partial charge on any atom is -0.383 e. The summed E-state index contributed by atoms with van der Waals surface area (Å²) in [6.45, 7) is 7.57. The maximum absolute atomic E-state index is 5.87. The first kappa shape index (κ1) is 13.7. The third-order valence-corrected chi connectivity index (χ3v) is 2.73. The number of hydrogen-bond acceptors (Lipinski definition) is 4. The Balaban J connectivity index is 2.54. The number of rotatable bonds is 7. The average molecular weight is 236 g/mol. The molecule has 0 aliphatic rings. The highest BCUT2D eigenvalue weighted by Gasteiger charge is 2.07. The monoisotopic (exact) mass is 236 g/mol. The van der Waals surface area contributed by atoms with E-state index < -0.39 is 0 Å². The average Bonchev–Trinajstić information content (AvgIpc) is 2.28. The van der Waals surface area contributed by atoms with Crippen molar-refractivity contribution in [3.63, 3.8) is 0 Å². The van der Waals surface area contributed by atoms with E-state index in [1.54, 1.807) is 0 Å². The first-order valence-corrected chi connectivity index (χ1v) is 6.48. The van der Waals surface area contributed by atoms with Crippen LogP contribution in [0.2, 0.25) is 0 Å². The molecule has 96 valence electrons. The molecule has 0 aliphatic carbocycles. The second-order valence-corrected chi connectivity index (χ2v) is 4.80. The van der Waals surface area contributed by atoms with E-state index in [9.17, 15) is 0 Å². The molecule has 4 nitrogen and oxygen atoms in total. The van der Waals surface area contributed by atoms with Gasteiger partial charge >= 0.3 is 0 Å². The van der Waals surface area contributed by atoms with Gasteiger partial charge in [0, 0.05) is 12.1 Å². The number of nitrogens with zero attached hydrogens (tertiary/aromatic N) is 2. The zero-order valence-electron chi connectivity index (χ0n) is 11.2. The molecule has 0 bridgehead atoms. The standard InChI is InChI=1S/C13H24N4/c1-4-6-11-12(14)16-9-17-13(11)15-8-5-7-10(2)3/h9-10H,4-8H2,1-3H3,(H3,14,15,16,17). The van der Waals surface area contributed by atoms with Crippen molar-refractivity contribution < 1.29 is 0 Å². The van der Waals surface area contributed by atoms with Crippen molar-refractivity contribution in [2.45, 2.75) is 46.5 Å². The molecule has 0 saturated heterocycles. The third-order valence-electron chi connectivity index (χ3n) is 2.73. The molecule has 3 N–H and O–H groups in total. The van der Waals surface area contributed by atoms with Crippen LogP contribution in [-0.2, 0) is 6.42 Å². The molecule has 1 aromatic rings. The smallest absolute Gasteiger partial charge is 0.134 e. The minimum absolute atomic E-state index is 0.605. The molecule has 0 aromatic carbocycles. The van der Waals surface area contributed by atoms with Gasteiger partial charge in [0.25, 0.3) is 0 Å². The van der Waals surface area contributed by atoms with E-state index in [0.29, 0.717) is 5.82 Å². The summed E-state index contributed by atoms with van der Waals surface area (Å²) in [6, 6.07) is 0. The Morgan fingerprint density at radius 3 is 2.76 bits per heavy atom. The zero-order chi connectivity index (χ0) is 12.7. The molecule has 0 aliphatic heterocycles. The first-order valence-electron chi connectivity index (χ1n) is 6.48. The molecule has 17 heavy (non-hydrogen) atoms. The Morgan fingerprint density at radius 2 is 2.12 bits per heavy atom. The molecule has 0 unspecified atom stereocenters. The fourth-order valence-corrected chi connectivity index (χ4v) is 1.79. The lowest BCUT2D eigenvalue weighted by atomic mass is 10.1. The van der Waals surface area contributed by atoms with Crippen molar-refractivity contribution in [3.05, 3.63) is 11.9 Å². The van der Waals surface area contributed by atoms with Crippen molar-refractivity contribution in [1.82, 2.24) is 9.97 Å². The Morgan fingerprint density at radius 1 is 1.35 bits per heavy atom. The number of nitrogens with two attached hydrogens (primary N) is 1. The van der Waals surface area contributed by atoms with Crippen LogP contribution in [0.3, 0.4) is 0 Å². The molecule has 4 heteroatoms. The Labute approximate surface area is 104 Å². The van der Waals surface area contributed by atoms with E-state index >= 15 is 0 Å². The Bertz CT molecular complexity index is 336. The molecule has 1 heterocycles. The summed E-state index contributed by atoms with van der Waals surface area (Å²) in [4.78, 5) is 8.31. The highest BCUT2D eigenvalue weighted by Crippen LogP contribution is 2.19. The quantitative estimate of drug-likeness (QED) is 0.714. The topological polar surface area (TPSA) is 63.8 Å². The third kappa shape index (κ3) is 4.59. The SMILES string of the molecule is CCCc1c(N)ncnc1NCCCC(C)C. The number of aromatic nitrogens is 2. The molecule has 0 fully saturated rings. The fraction of sp³-hybridized carbons (Fsp3) is 0.692. The molecule has 0 radical (unpaired) electrons. The summed E-state index contributed by atoms with van der Waals surface area (Å²) >= 11 is 0. The van der Waals surface area contributed by atoms with Crippen LogP contribution in [0.4, 0.5) is 11.6 Å². The predicted octanol–water partition coefficient (Wildman–Crippen LogP) is 2.86. The van der Waals surface area contributed by atoms with Crippen LogP contribution in [0.1, 0.15) is 45.6 Å². The van der Waals surface area contributed by atoms with Gasteiger partial charge in [0.2, 0.25) is 0 Å². The van der Waals surface area contributed by atoms with Crippen molar-refractivity contribution in [1.29, 1.82) is 0 Å². The molecular weight excluding hydrogens is 212 g/mol. The van der Waals surface area contributed by atoms with Gasteiger partial charge in [0.05, 0.1) is 0 Å². The van der Waals surface area contributed by atoms with Gasteiger partial charge in [-0.15, -0.1) is 0 Å². The van der Waals surface area contributed by atoms with Crippen LogP contribution < -0.4 is 11.1 Å². The summed E-state index contributed by atoms with van der Waals surface area (Å²) < 4.78 is 0. The Kier molecular flexibility index (Phi) is 5.73. The Hall–Kier alpha value is -1.32. The zero-order valence-corrected chi connectivity index (χ0v) is 11.2. The number of nitrogens with one attached hydrogen (secondary N) is 1. The van der Waals surface area contributed by atoms with Crippen molar-refractivity contribution in [2.24, 2.45) is 5.92 Å². The summed E-state index contributed by atoms with van der Waals surface area (Å²) in [5.41, 5.74) is 6.92. The summed E-state index contributed by atoms with van der Waals surface area (Å²) in [6.07, 6.45) is 5.90. The van der Waals surface area contributed by atoms with E-state index in [0.717, 1.165) is 43.1 Å². The second-order valence-electron chi connectivity index (χ2n) is 4.80. The maximum atomic E-state index is 5.87. The van der Waals surface area contributed by atoms with E-state index in [1.807, 2.05) is 0 Å². The lowest BCUT2D eigenvalue weighted by Crippen LogP contribution is -2.10. The van der Waals surface area contributed by atoms with Crippen LogP contribution in [0.15, 0.2) is 6.33 Å². The van der Waals surface area contributed by atoms with Crippen LogP contribution in [-0.4, -0.2) is 16.5 Å². The van der Waals surface area contributed by atoms with Gasteiger partial charge in [0.1, 0.15) is 18.0 Å². The number of hydrogen-bond donors (Lipinski definition) is 2. The molecule has 1 rings (SSSR count). The lowest BCUT2D eigenvalue weighted by molar-refractivity contribution is 0.566. The molecule has 0 spiro atoms. The number of anilines is 2. The van der Waals surface area contributed by atoms with Crippen LogP contribution in [0, 0.1) is 5.92 Å². The minimum atomic E-state index is 0.605. The summed E-state index contributed by atoms with van der Waals surface area (Å²) in [5.74, 6) is 2.26. The van der Waals surface area contributed by atoms with Crippen molar-refractivity contribution >= 4 is 11.6 Å². The van der Waals surface area contributed by atoms with E-state index in [-0.39, 0.29) is 0 Å². The summed E-state index contributed by atoms with van der Waals surface area (Å²) in [7, 11) is 0. The maximum Gasteiger partial charge on any atom is 0.134 e. The fourth-order valence-electron chi connectivity index (χ4n) is 1.79. The van der Waals surface area contributed by atoms with Crippen LogP contribution in [0.25, 0.3) is 0 Å². The van der Waals surface area contributed by atoms with Gasteiger partial charge in [-0.3, -0.25) is 0 Å². The molecule has 0 amide bonds. The highest BCUT2D eigenvalue weighted by molar-refractivity contribution is 5.54. The van der Waals surface area contributed by atoms with E-state index in [4.69, 9.17) is 5.73 Å². The van der Waals surface area contributed by atoms with Crippen LogP contribution >= 0.6 is 0 Å². The largest absolute Gasteiger partial charge is 0.383 e. The molecular formula is C13H24N4. The van der Waals surface area contributed by atoms with Gasteiger partial charge < -0.3 is 11.1 Å². The molecule has 0 atom stereocenters. The summed E-state index contributed by atoms with van der Waals surface area (Å²) in [5, 5.41) is 3.36. The van der Waals surface area contributed by atoms with Gasteiger partial charge in [-0.05, 0) is 25.2 Å². The number of nitrogen functional groups attached to an aromatic ring is 1. The van der Waals surface area contributed by atoms with Gasteiger partial charge in [-0.1, -0.05) is 27.2 Å². The lowest BCUT2D eigenvalue weighted by Gasteiger charge is -2.12. The predicted molar refractivity (Wildman–Crippen MR) is 73.0 cm³/mol. The van der Waals surface area contributed by atoms with Gasteiger partial charge in [-0.2, -0.15) is 0 Å². The van der Waals surface area contributed by atoms with E-state index in [1.165, 1.54) is 12.7 Å². The normalized spacial score (nSPS) is 10.8.